The molecule has 0 N–H and O–H groups in total. The van der Waals surface area contributed by atoms with E-state index in [1.54, 1.807) is 0 Å². The van der Waals surface area contributed by atoms with E-state index < -0.39 is 27.2 Å². The first-order valence-corrected chi connectivity index (χ1v) is 19.6. The van der Waals surface area contributed by atoms with Gasteiger partial charge in [0, 0.05) is 24.7 Å². The monoisotopic (exact) mass is 486 g/mol. The van der Waals surface area contributed by atoms with Crippen molar-refractivity contribution in [1.82, 2.24) is 19.8 Å². The van der Waals surface area contributed by atoms with Gasteiger partial charge < -0.3 is 9.80 Å². The third kappa shape index (κ3) is 4.49. The maximum absolute atomic E-state index is 5.02. The highest BCUT2D eigenvalue weighted by Gasteiger charge is 2.60. The van der Waals surface area contributed by atoms with E-state index in [4.69, 9.17) is 9.97 Å². The van der Waals surface area contributed by atoms with Gasteiger partial charge >= 0.3 is 0 Å². The molecule has 0 fully saturated rings. The van der Waals surface area contributed by atoms with Gasteiger partial charge in [0.15, 0.2) is 0 Å². The molecule has 0 aliphatic carbocycles. The van der Waals surface area contributed by atoms with E-state index in [-0.39, 0.29) is 0 Å². The van der Waals surface area contributed by atoms with Crippen molar-refractivity contribution in [1.29, 1.82) is 0 Å². The minimum atomic E-state index is -1.49. The van der Waals surface area contributed by atoms with Crippen LogP contribution in [0, 0.1) is 0 Å². The first kappa shape index (κ1) is 24.4. The zero-order valence-corrected chi connectivity index (χ0v) is 23.4. The van der Waals surface area contributed by atoms with Gasteiger partial charge in [0.05, 0.1) is 27.5 Å². The van der Waals surface area contributed by atoms with Gasteiger partial charge in [-0.15, -0.1) is 0 Å². The Hall–Kier alpha value is -2.71. The van der Waals surface area contributed by atoms with Gasteiger partial charge in [0.25, 0.3) is 0 Å². The van der Waals surface area contributed by atoms with Gasteiger partial charge in [-0.3, -0.25) is 9.97 Å². The number of hydrogen-bond donors (Lipinski definition) is 0. The molecular weight excluding hydrogens is 449 g/mol. The molecule has 2 aromatic heterocycles. The van der Waals surface area contributed by atoms with Crippen molar-refractivity contribution in [2.24, 2.45) is 0 Å². The number of pyridine rings is 2. The number of nitrogens with zero attached hydrogens (tertiary/aromatic N) is 4. The van der Waals surface area contributed by atoms with Crippen LogP contribution in [0.1, 0.15) is 11.4 Å². The van der Waals surface area contributed by atoms with Gasteiger partial charge in [-0.2, -0.15) is 0 Å². The summed E-state index contributed by atoms with van der Waals surface area (Å²) in [6.45, 7) is 14.6. The van der Waals surface area contributed by atoms with E-state index in [0.717, 1.165) is 23.7 Å². The molecule has 0 amide bonds. The third-order valence-corrected chi connectivity index (χ3v) is 8.90. The van der Waals surface area contributed by atoms with Gasteiger partial charge in [-0.1, -0.05) is 63.6 Å². The Morgan fingerprint density at radius 1 is 0.618 bits per heavy atom. The molecule has 2 unspecified atom stereocenters. The molecule has 2 aliphatic rings. The summed E-state index contributed by atoms with van der Waals surface area (Å²) in [6.07, 6.45) is 23.9. The molecule has 4 heterocycles. The minimum absolute atomic E-state index is 0.557. The molecule has 2 aliphatic heterocycles. The molecule has 0 spiro atoms. The Morgan fingerprint density at radius 3 is 1.35 bits per heavy atom. The highest BCUT2D eigenvalue weighted by molar-refractivity contribution is 6.76. The Kier molecular flexibility index (Phi) is 6.57. The standard InChI is InChI=1S/C28H38N4Si2/c1-33(2,3)23-31-21-13-9-17-27(31,25-15-7-11-19-29-25)28(26-16-8-12-20-30-26)18-10-14-22-32(28)24-34(4,5)6/h7-22H,23-24H2,1-6H3. The number of allylic oxidation sites excluding steroid dienone is 4. The van der Waals surface area contributed by atoms with E-state index >= 15 is 0 Å². The molecule has 0 saturated heterocycles. The van der Waals surface area contributed by atoms with Gasteiger partial charge in [-0.05, 0) is 61.0 Å². The van der Waals surface area contributed by atoms with Crippen LogP contribution in [0.4, 0.5) is 0 Å². The summed E-state index contributed by atoms with van der Waals surface area (Å²) in [4.78, 5) is 15.1. The second-order valence-electron chi connectivity index (χ2n) is 11.7. The topological polar surface area (TPSA) is 32.3 Å². The summed E-state index contributed by atoms with van der Waals surface area (Å²) in [7, 11) is -2.98. The molecule has 34 heavy (non-hydrogen) atoms. The Bertz CT molecular complexity index is 1010. The average Bonchev–Trinajstić information content (AvgIpc) is 2.79. The molecular formula is C28H38N4Si2. The fourth-order valence-corrected chi connectivity index (χ4v) is 7.98. The fourth-order valence-electron chi connectivity index (χ4n) is 5.22. The molecule has 4 nitrogen and oxygen atoms in total. The number of rotatable bonds is 7. The van der Waals surface area contributed by atoms with Crippen LogP contribution in [0.3, 0.4) is 0 Å². The molecule has 6 heteroatoms. The van der Waals surface area contributed by atoms with Crippen LogP contribution in [-0.4, -0.2) is 48.3 Å². The van der Waals surface area contributed by atoms with Crippen LogP contribution in [0.2, 0.25) is 39.3 Å². The maximum atomic E-state index is 5.02. The quantitative estimate of drug-likeness (QED) is 0.443. The number of hydrogen-bond acceptors (Lipinski definition) is 4. The van der Waals surface area contributed by atoms with E-state index in [2.05, 4.69) is 122 Å². The zero-order valence-electron chi connectivity index (χ0n) is 21.4. The number of aromatic nitrogens is 2. The molecule has 2 atom stereocenters. The summed E-state index contributed by atoms with van der Waals surface area (Å²) < 4.78 is 0. The molecule has 2 aromatic rings. The summed E-state index contributed by atoms with van der Waals surface area (Å²) in [5.74, 6) is 0. The lowest BCUT2D eigenvalue weighted by molar-refractivity contribution is 0.0289. The summed E-state index contributed by atoms with van der Waals surface area (Å²) in [5.41, 5.74) is 0.969. The van der Waals surface area contributed by atoms with Crippen LogP contribution >= 0.6 is 0 Å². The lowest BCUT2D eigenvalue weighted by Crippen LogP contribution is -2.67. The lowest BCUT2D eigenvalue weighted by Gasteiger charge is -2.59. The predicted molar refractivity (Wildman–Crippen MR) is 148 cm³/mol. The van der Waals surface area contributed by atoms with Gasteiger partial charge in [-0.25, -0.2) is 0 Å². The summed E-state index contributed by atoms with van der Waals surface area (Å²) in [5, 5.41) is 0. The van der Waals surface area contributed by atoms with Crippen LogP contribution in [-0.2, 0) is 11.1 Å². The SMILES string of the molecule is C[Si](C)(C)CN1C=CC=CC1(c1ccccn1)C1(c2ccccn2)C=CC=CN1C[Si](C)(C)C. The molecule has 4 rings (SSSR count). The van der Waals surface area contributed by atoms with Crippen molar-refractivity contribution in [3.05, 3.63) is 109 Å². The second-order valence-corrected chi connectivity index (χ2v) is 22.6. The smallest absolute Gasteiger partial charge is 0.133 e. The highest BCUT2D eigenvalue weighted by Crippen LogP contribution is 2.53. The lowest BCUT2D eigenvalue weighted by atomic mass is 9.67. The molecule has 0 radical (unpaired) electrons. The fraction of sp³-hybridized carbons (Fsp3) is 0.357. The maximum Gasteiger partial charge on any atom is 0.133 e. The molecule has 0 bridgehead atoms. The zero-order chi connectivity index (χ0) is 24.5. The van der Waals surface area contributed by atoms with Gasteiger partial charge in [0.1, 0.15) is 11.1 Å². The largest absolute Gasteiger partial charge is 0.363 e. The molecule has 0 aromatic carbocycles. The Morgan fingerprint density at radius 2 is 1.03 bits per heavy atom. The average molecular weight is 487 g/mol. The van der Waals surface area contributed by atoms with E-state index in [9.17, 15) is 0 Å². The van der Waals surface area contributed by atoms with Crippen molar-refractivity contribution < 1.29 is 0 Å². The van der Waals surface area contributed by atoms with Crippen LogP contribution in [0.25, 0.3) is 0 Å². The summed E-state index contributed by atoms with van der Waals surface area (Å²) >= 11 is 0. The van der Waals surface area contributed by atoms with Crippen molar-refractivity contribution in [3.63, 3.8) is 0 Å². The van der Waals surface area contributed by atoms with Crippen molar-refractivity contribution in [2.45, 2.75) is 50.4 Å². The minimum Gasteiger partial charge on any atom is -0.363 e. The second kappa shape index (κ2) is 9.15. The predicted octanol–water partition coefficient (Wildman–Crippen LogP) is 6.09. The van der Waals surface area contributed by atoms with Crippen molar-refractivity contribution >= 4 is 16.1 Å². The Balaban J connectivity index is 2.09. The van der Waals surface area contributed by atoms with E-state index in [0.29, 0.717) is 0 Å². The Labute approximate surface area is 207 Å². The molecule has 178 valence electrons. The highest BCUT2D eigenvalue weighted by atomic mass is 28.3. The van der Waals surface area contributed by atoms with Crippen molar-refractivity contribution in [2.75, 3.05) is 12.3 Å². The van der Waals surface area contributed by atoms with Crippen LogP contribution in [0.5, 0.6) is 0 Å². The van der Waals surface area contributed by atoms with Crippen molar-refractivity contribution in [3.8, 4) is 0 Å². The molecule has 0 saturated carbocycles. The van der Waals surface area contributed by atoms with E-state index in [1.165, 1.54) is 0 Å². The van der Waals surface area contributed by atoms with Crippen LogP contribution < -0.4 is 0 Å². The first-order chi connectivity index (χ1) is 16.1. The van der Waals surface area contributed by atoms with E-state index in [1.807, 2.05) is 24.5 Å². The normalized spacial score (nSPS) is 24.6. The first-order valence-electron chi connectivity index (χ1n) is 12.2. The third-order valence-electron chi connectivity index (χ3n) is 6.32. The summed E-state index contributed by atoms with van der Waals surface area (Å²) in [6, 6.07) is 12.6. The van der Waals surface area contributed by atoms with Gasteiger partial charge in [0.2, 0.25) is 0 Å². The van der Waals surface area contributed by atoms with Crippen LogP contribution in [0.15, 0.2) is 97.6 Å².